The van der Waals surface area contributed by atoms with Crippen molar-refractivity contribution in [1.29, 1.82) is 0 Å². The van der Waals surface area contributed by atoms with Crippen molar-refractivity contribution in [3.63, 3.8) is 0 Å². The van der Waals surface area contributed by atoms with Crippen LogP contribution in [0.4, 0.5) is 9.59 Å². The second-order valence-corrected chi connectivity index (χ2v) is 5.61. The number of hydrogen-bond donors (Lipinski definition) is 2. The van der Waals surface area contributed by atoms with Crippen LogP contribution in [0.1, 0.15) is 45.8 Å². The standard InChI is InChI=1S/C16H19N5O7/c1-6-20-12(22)10-8(3)21(19-16(26)28-5)14(24)9(11(10)13(20)23)7(2)17-18-15(25)27-4/h6H2,1-5H3,(H,18,25)(H,19,26)/b17-7+. The van der Waals surface area contributed by atoms with Gasteiger partial charge in [-0.1, -0.05) is 0 Å². The third-order valence-corrected chi connectivity index (χ3v) is 4.10. The SMILES string of the molecule is CCN1C(=O)c2c(c(C)n(NC(=O)OC)c(=O)c2/C(C)=N/NC(=O)OC)C1=O. The first-order valence-corrected chi connectivity index (χ1v) is 8.08. The van der Waals surface area contributed by atoms with Gasteiger partial charge in [-0.3, -0.25) is 19.3 Å². The van der Waals surface area contributed by atoms with E-state index >= 15 is 0 Å². The summed E-state index contributed by atoms with van der Waals surface area (Å²) >= 11 is 0. The monoisotopic (exact) mass is 393 g/mol. The Kier molecular flexibility index (Phi) is 5.81. The highest BCUT2D eigenvalue weighted by atomic mass is 16.5. The number of methoxy groups -OCH3 is 2. The molecule has 1 aliphatic rings. The molecule has 0 saturated carbocycles. The molecule has 12 heteroatoms. The number of nitrogens with zero attached hydrogens (tertiary/aromatic N) is 3. The maximum absolute atomic E-state index is 13.0. The number of amides is 4. The molecule has 0 unspecified atom stereocenters. The molecule has 0 spiro atoms. The average Bonchev–Trinajstić information content (AvgIpc) is 2.92. The summed E-state index contributed by atoms with van der Waals surface area (Å²) in [6.45, 7) is 4.45. The minimum atomic E-state index is -0.956. The van der Waals surface area contributed by atoms with Gasteiger partial charge in [0.05, 0.1) is 42.3 Å². The zero-order valence-corrected chi connectivity index (χ0v) is 15.9. The summed E-state index contributed by atoms with van der Waals surface area (Å²) in [6.07, 6.45) is -1.85. The number of rotatable bonds is 4. The number of ether oxygens (including phenoxy) is 2. The Hall–Kier alpha value is -3.70. The molecule has 2 rings (SSSR count). The van der Waals surface area contributed by atoms with Gasteiger partial charge in [0.1, 0.15) is 0 Å². The fourth-order valence-electron chi connectivity index (χ4n) is 2.75. The Morgan fingerprint density at radius 1 is 1.04 bits per heavy atom. The molecular weight excluding hydrogens is 374 g/mol. The average molecular weight is 393 g/mol. The number of aromatic nitrogens is 1. The smallest absolute Gasteiger partial charge is 0.427 e. The number of pyridine rings is 1. The van der Waals surface area contributed by atoms with E-state index in [4.69, 9.17) is 0 Å². The molecule has 150 valence electrons. The van der Waals surface area contributed by atoms with Crippen molar-refractivity contribution < 1.29 is 28.7 Å². The molecule has 1 aliphatic heterocycles. The van der Waals surface area contributed by atoms with Gasteiger partial charge in [-0.25, -0.2) is 25.1 Å². The summed E-state index contributed by atoms with van der Waals surface area (Å²) < 4.78 is 9.68. The van der Waals surface area contributed by atoms with E-state index in [2.05, 4.69) is 20.0 Å². The topological polar surface area (TPSA) is 148 Å². The number of nitrogens with one attached hydrogen (secondary N) is 2. The number of carbonyl (C=O) groups is 4. The van der Waals surface area contributed by atoms with Crippen LogP contribution in [0.25, 0.3) is 0 Å². The van der Waals surface area contributed by atoms with E-state index in [1.807, 2.05) is 5.43 Å². The Balaban J connectivity index is 2.80. The molecule has 2 N–H and O–H groups in total. The maximum Gasteiger partial charge on any atom is 0.427 e. The fraction of sp³-hybridized carbons (Fsp3) is 0.375. The lowest BCUT2D eigenvalue weighted by Crippen LogP contribution is -2.39. The summed E-state index contributed by atoms with van der Waals surface area (Å²) in [6, 6.07) is 0. The van der Waals surface area contributed by atoms with Crippen molar-refractivity contribution >= 4 is 29.7 Å². The van der Waals surface area contributed by atoms with Crippen molar-refractivity contribution in [2.24, 2.45) is 5.10 Å². The normalized spacial score (nSPS) is 13.3. The first kappa shape index (κ1) is 20.6. The summed E-state index contributed by atoms with van der Waals surface area (Å²) in [5.41, 5.74) is 2.95. The second kappa shape index (κ2) is 7.90. The lowest BCUT2D eigenvalue weighted by Gasteiger charge is -2.15. The van der Waals surface area contributed by atoms with Gasteiger partial charge in [-0.15, -0.1) is 0 Å². The van der Waals surface area contributed by atoms with Crippen LogP contribution >= 0.6 is 0 Å². The van der Waals surface area contributed by atoms with Gasteiger partial charge < -0.3 is 9.47 Å². The van der Waals surface area contributed by atoms with E-state index in [1.165, 1.54) is 13.8 Å². The van der Waals surface area contributed by atoms with Crippen LogP contribution in [0, 0.1) is 6.92 Å². The molecule has 2 heterocycles. The molecular formula is C16H19N5O7. The second-order valence-electron chi connectivity index (χ2n) is 5.61. The lowest BCUT2D eigenvalue weighted by atomic mass is 10.00. The Bertz CT molecular complexity index is 963. The molecule has 0 radical (unpaired) electrons. The van der Waals surface area contributed by atoms with Gasteiger partial charge in [0.2, 0.25) is 0 Å². The van der Waals surface area contributed by atoms with Crippen molar-refractivity contribution in [1.82, 2.24) is 15.0 Å². The predicted molar refractivity (Wildman–Crippen MR) is 96.0 cm³/mol. The zero-order valence-electron chi connectivity index (χ0n) is 15.9. The third-order valence-electron chi connectivity index (χ3n) is 4.10. The van der Waals surface area contributed by atoms with Crippen LogP contribution in [0.3, 0.4) is 0 Å². The molecule has 12 nitrogen and oxygen atoms in total. The van der Waals surface area contributed by atoms with Gasteiger partial charge in [-0.05, 0) is 20.8 Å². The zero-order chi connectivity index (χ0) is 21.2. The molecule has 0 aliphatic carbocycles. The molecule has 0 bridgehead atoms. The minimum Gasteiger partial charge on any atom is -0.452 e. The lowest BCUT2D eigenvalue weighted by molar-refractivity contribution is 0.0662. The summed E-state index contributed by atoms with van der Waals surface area (Å²) in [4.78, 5) is 62.3. The van der Waals surface area contributed by atoms with Gasteiger partial charge in [0.15, 0.2) is 0 Å². The van der Waals surface area contributed by atoms with Gasteiger partial charge >= 0.3 is 12.2 Å². The Morgan fingerprint density at radius 2 is 1.61 bits per heavy atom. The van der Waals surface area contributed by atoms with Crippen LogP contribution < -0.4 is 16.4 Å². The Labute approximate surface area is 159 Å². The van der Waals surface area contributed by atoms with Crippen LogP contribution in [0.15, 0.2) is 9.90 Å². The molecule has 4 amide bonds. The van der Waals surface area contributed by atoms with E-state index in [0.29, 0.717) is 0 Å². The van der Waals surface area contributed by atoms with E-state index in [0.717, 1.165) is 23.8 Å². The van der Waals surface area contributed by atoms with E-state index in [-0.39, 0.29) is 34.6 Å². The highest BCUT2D eigenvalue weighted by Gasteiger charge is 2.41. The molecule has 0 atom stereocenters. The van der Waals surface area contributed by atoms with E-state index in [1.54, 1.807) is 6.92 Å². The fourth-order valence-corrected chi connectivity index (χ4v) is 2.75. The molecule has 0 saturated heterocycles. The quantitative estimate of drug-likeness (QED) is 0.420. The van der Waals surface area contributed by atoms with E-state index < -0.39 is 29.6 Å². The van der Waals surface area contributed by atoms with E-state index in [9.17, 15) is 24.0 Å². The summed E-state index contributed by atoms with van der Waals surface area (Å²) in [5, 5.41) is 3.74. The highest BCUT2D eigenvalue weighted by molar-refractivity contribution is 6.25. The number of carbonyl (C=O) groups excluding carboxylic acids is 4. The molecule has 1 aromatic heterocycles. The predicted octanol–water partition coefficient (Wildman–Crippen LogP) is 0.163. The summed E-state index contributed by atoms with van der Waals surface area (Å²) in [5.74, 6) is -1.29. The highest BCUT2D eigenvalue weighted by Crippen LogP contribution is 2.27. The minimum absolute atomic E-state index is 0.0505. The van der Waals surface area contributed by atoms with Gasteiger partial charge in [0, 0.05) is 6.54 Å². The largest absolute Gasteiger partial charge is 0.452 e. The van der Waals surface area contributed by atoms with Crippen molar-refractivity contribution in [3.05, 3.63) is 32.7 Å². The van der Waals surface area contributed by atoms with Crippen molar-refractivity contribution in [2.45, 2.75) is 20.8 Å². The van der Waals surface area contributed by atoms with Crippen LogP contribution in [0.5, 0.6) is 0 Å². The van der Waals surface area contributed by atoms with Crippen LogP contribution in [0.2, 0.25) is 0 Å². The summed E-state index contributed by atoms with van der Waals surface area (Å²) in [7, 11) is 2.23. The van der Waals surface area contributed by atoms with Gasteiger partial charge in [-0.2, -0.15) is 5.10 Å². The van der Waals surface area contributed by atoms with Crippen molar-refractivity contribution in [3.8, 4) is 0 Å². The van der Waals surface area contributed by atoms with Crippen LogP contribution in [-0.2, 0) is 9.47 Å². The number of fused-ring (bicyclic) bond motifs is 1. The first-order chi connectivity index (χ1) is 13.2. The molecule has 0 aromatic carbocycles. The molecule has 0 fully saturated rings. The van der Waals surface area contributed by atoms with Crippen molar-refractivity contribution in [2.75, 3.05) is 26.2 Å². The number of hydrogen-bond acceptors (Lipinski definition) is 8. The number of imide groups is 1. The molecule has 1 aromatic rings. The third kappa shape index (κ3) is 3.31. The first-order valence-electron chi connectivity index (χ1n) is 8.08. The van der Waals surface area contributed by atoms with Crippen LogP contribution in [-0.4, -0.2) is 60.1 Å². The Morgan fingerprint density at radius 3 is 2.14 bits per heavy atom. The maximum atomic E-state index is 13.0. The molecule has 28 heavy (non-hydrogen) atoms. The number of hydrazone groups is 1. The van der Waals surface area contributed by atoms with Gasteiger partial charge in [0.25, 0.3) is 17.4 Å².